The van der Waals surface area contributed by atoms with Gasteiger partial charge in [0, 0.05) is 6.42 Å². The first-order valence-electron chi connectivity index (χ1n) is 5.94. The maximum atomic E-state index is 10.6. The van der Waals surface area contributed by atoms with Gasteiger partial charge in [0.05, 0.1) is 11.1 Å². The Morgan fingerprint density at radius 2 is 1.60 bits per heavy atom. The summed E-state index contributed by atoms with van der Waals surface area (Å²) in [5.41, 5.74) is 0.570. The van der Waals surface area contributed by atoms with Crippen molar-refractivity contribution in [3.8, 4) is 0 Å². The molecule has 6 nitrogen and oxygen atoms in total. The number of aryl methyl sites for hydroxylation is 1. The van der Waals surface area contributed by atoms with Crippen LogP contribution in [0.25, 0.3) is 0 Å². The third-order valence-electron chi connectivity index (χ3n) is 2.30. The minimum absolute atomic E-state index is 0.0111. The quantitative estimate of drug-likeness (QED) is 0.782. The Balaban J connectivity index is 0.000000441. The molecule has 6 heteroatoms. The molecule has 0 aliphatic heterocycles. The van der Waals surface area contributed by atoms with Gasteiger partial charge in [0.2, 0.25) is 0 Å². The number of carboxylic acid groups (broad SMARTS) is 3. The number of benzene rings is 1. The van der Waals surface area contributed by atoms with Gasteiger partial charge in [0.1, 0.15) is 0 Å². The zero-order valence-corrected chi connectivity index (χ0v) is 11.6. The second-order valence-corrected chi connectivity index (χ2v) is 4.63. The Hall–Kier alpha value is -2.37. The molecule has 110 valence electrons. The van der Waals surface area contributed by atoms with Crippen LogP contribution in [-0.2, 0) is 4.79 Å². The van der Waals surface area contributed by atoms with E-state index in [1.54, 1.807) is 6.92 Å². The van der Waals surface area contributed by atoms with E-state index in [-0.39, 0.29) is 23.5 Å². The van der Waals surface area contributed by atoms with Crippen LogP contribution >= 0.6 is 0 Å². The molecule has 0 bridgehead atoms. The Morgan fingerprint density at radius 3 is 1.90 bits per heavy atom. The zero-order chi connectivity index (χ0) is 15.9. The summed E-state index contributed by atoms with van der Waals surface area (Å²) in [6.45, 7) is 5.39. The fraction of sp³-hybridized carbons (Fsp3) is 0.357. The van der Waals surface area contributed by atoms with Gasteiger partial charge < -0.3 is 15.3 Å². The van der Waals surface area contributed by atoms with E-state index in [9.17, 15) is 14.4 Å². The van der Waals surface area contributed by atoms with Crippen molar-refractivity contribution in [3.05, 3.63) is 34.9 Å². The molecule has 1 aromatic rings. The van der Waals surface area contributed by atoms with Crippen LogP contribution < -0.4 is 0 Å². The molecular formula is C14H18O6. The first-order valence-corrected chi connectivity index (χ1v) is 5.94. The Kier molecular flexibility index (Phi) is 6.99. The van der Waals surface area contributed by atoms with Crippen LogP contribution in [-0.4, -0.2) is 33.2 Å². The fourth-order valence-electron chi connectivity index (χ4n) is 1.33. The summed E-state index contributed by atoms with van der Waals surface area (Å²) in [7, 11) is 0. The molecule has 0 unspecified atom stereocenters. The molecule has 0 atom stereocenters. The van der Waals surface area contributed by atoms with Crippen molar-refractivity contribution >= 4 is 17.9 Å². The van der Waals surface area contributed by atoms with Gasteiger partial charge in [0.15, 0.2) is 0 Å². The first kappa shape index (κ1) is 17.6. The van der Waals surface area contributed by atoms with Crippen LogP contribution in [0.3, 0.4) is 0 Å². The second kappa shape index (κ2) is 7.93. The predicted octanol–water partition coefficient (Wildman–Crippen LogP) is 2.51. The molecule has 0 amide bonds. The van der Waals surface area contributed by atoms with E-state index in [1.807, 2.05) is 13.8 Å². The van der Waals surface area contributed by atoms with Crippen LogP contribution in [0.15, 0.2) is 18.2 Å². The van der Waals surface area contributed by atoms with E-state index < -0.39 is 17.9 Å². The Morgan fingerprint density at radius 1 is 1.05 bits per heavy atom. The molecule has 0 aromatic heterocycles. The molecule has 3 N–H and O–H groups in total. The lowest BCUT2D eigenvalue weighted by atomic mass is 10.1. The number of rotatable bonds is 4. The lowest BCUT2D eigenvalue weighted by molar-refractivity contribution is -0.137. The minimum atomic E-state index is -1.12. The number of carboxylic acids is 3. The standard InChI is InChI=1S/C9H8O4.C5H10O2/c1-5-2-3-6(8(10)11)4-7(5)9(12)13;1-4(2)3-5(6)7/h2-4H,1H3,(H,10,11)(H,12,13);4H,3H2,1-2H3,(H,6,7). The van der Waals surface area contributed by atoms with Gasteiger partial charge in [-0.25, -0.2) is 9.59 Å². The molecule has 20 heavy (non-hydrogen) atoms. The maximum Gasteiger partial charge on any atom is 0.335 e. The van der Waals surface area contributed by atoms with Crippen molar-refractivity contribution < 1.29 is 29.7 Å². The Labute approximate surface area is 116 Å². The summed E-state index contributed by atoms with van der Waals surface area (Å²) in [4.78, 5) is 30.9. The maximum absolute atomic E-state index is 10.6. The smallest absolute Gasteiger partial charge is 0.335 e. The first-order chi connectivity index (χ1) is 9.15. The molecule has 0 fully saturated rings. The summed E-state index contributed by atoms with van der Waals surface area (Å²) in [5, 5.41) is 25.4. The molecule has 0 saturated heterocycles. The fourth-order valence-corrected chi connectivity index (χ4v) is 1.33. The highest BCUT2D eigenvalue weighted by Crippen LogP contribution is 2.11. The van der Waals surface area contributed by atoms with Crippen molar-refractivity contribution in [2.24, 2.45) is 5.92 Å². The van der Waals surface area contributed by atoms with E-state index in [2.05, 4.69) is 0 Å². The highest BCUT2D eigenvalue weighted by atomic mass is 16.4. The van der Waals surface area contributed by atoms with Gasteiger partial charge in [0.25, 0.3) is 0 Å². The summed E-state index contributed by atoms with van der Waals surface area (Å²) in [5.74, 6) is -2.67. The average molecular weight is 282 g/mol. The molecular weight excluding hydrogens is 264 g/mol. The SMILES string of the molecule is CC(C)CC(=O)O.Cc1ccc(C(=O)O)cc1C(=O)O. The molecule has 0 spiro atoms. The van der Waals surface area contributed by atoms with E-state index in [1.165, 1.54) is 12.1 Å². The summed E-state index contributed by atoms with van der Waals surface area (Å²) < 4.78 is 0. The van der Waals surface area contributed by atoms with E-state index in [0.29, 0.717) is 5.56 Å². The van der Waals surface area contributed by atoms with E-state index >= 15 is 0 Å². The lowest BCUT2D eigenvalue weighted by Gasteiger charge is -2.01. The van der Waals surface area contributed by atoms with Crippen LogP contribution in [0, 0.1) is 12.8 Å². The van der Waals surface area contributed by atoms with Crippen LogP contribution in [0.5, 0.6) is 0 Å². The topological polar surface area (TPSA) is 112 Å². The predicted molar refractivity (Wildman–Crippen MR) is 72.2 cm³/mol. The highest BCUT2D eigenvalue weighted by Gasteiger charge is 2.10. The van der Waals surface area contributed by atoms with Gasteiger partial charge in [-0.05, 0) is 30.5 Å². The van der Waals surface area contributed by atoms with Crippen molar-refractivity contribution in [3.63, 3.8) is 0 Å². The van der Waals surface area contributed by atoms with Crippen LogP contribution in [0.4, 0.5) is 0 Å². The average Bonchev–Trinajstić information content (AvgIpc) is 2.27. The third-order valence-corrected chi connectivity index (χ3v) is 2.30. The molecule has 0 heterocycles. The number of carbonyl (C=O) groups is 3. The van der Waals surface area contributed by atoms with Crippen molar-refractivity contribution in [1.82, 2.24) is 0 Å². The summed E-state index contributed by atoms with van der Waals surface area (Å²) in [6, 6.07) is 4.01. The van der Waals surface area contributed by atoms with Crippen molar-refractivity contribution in [2.45, 2.75) is 27.2 Å². The molecule has 0 aliphatic carbocycles. The molecule has 1 aromatic carbocycles. The van der Waals surface area contributed by atoms with Crippen LogP contribution in [0.1, 0.15) is 46.5 Å². The number of aliphatic carboxylic acids is 1. The zero-order valence-electron chi connectivity index (χ0n) is 11.6. The minimum Gasteiger partial charge on any atom is -0.481 e. The molecule has 0 saturated carbocycles. The summed E-state index contributed by atoms with van der Waals surface area (Å²) in [6.07, 6.45) is 0.278. The third kappa shape index (κ3) is 6.53. The molecule has 1 rings (SSSR count). The van der Waals surface area contributed by atoms with Crippen LogP contribution in [0.2, 0.25) is 0 Å². The number of hydrogen-bond donors (Lipinski definition) is 3. The van der Waals surface area contributed by atoms with E-state index in [0.717, 1.165) is 6.07 Å². The van der Waals surface area contributed by atoms with Crippen molar-refractivity contribution in [1.29, 1.82) is 0 Å². The number of hydrogen-bond acceptors (Lipinski definition) is 3. The largest absolute Gasteiger partial charge is 0.481 e. The monoisotopic (exact) mass is 282 g/mol. The van der Waals surface area contributed by atoms with E-state index in [4.69, 9.17) is 15.3 Å². The summed E-state index contributed by atoms with van der Waals surface area (Å²) >= 11 is 0. The van der Waals surface area contributed by atoms with Crippen molar-refractivity contribution in [2.75, 3.05) is 0 Å². The molecule has 0 radical (unpaired) electrons. The normalized spacial score (nSPS) is 9.60. The van der Waals surface area contributed by atoms with Gasteiger partial charge in [-0.2, -0.15) is 0 Å². The van der Waals surface area contributed by atoms with Gasteiger partial charge in [-0.1, -0.05) is 19.9 Å². The lowest BCUT2D eigenvalue weighted by Crippen LogP contribution is -2.03. The van der Waals surface area contributed by atoms with Gasteiger partial charge in [-0.3, -0.25) is 4.79 Å². The van der Waals surface area contributed by atoms with Gasteiger partial charge in [-0.15, -0.1) is 0 Å². The van der Waals surface area contributed by atoms with Gasteiger partial charge >= 0.3 is 17.9 Å². The second-order valence-electron chi connectivity index (χ2n) is 4.63. The highest BCUT2D eigenvalue weighted by molar-refractivity contribution is 5.94. The number of aromatic carboxylic acids is 2. The molecule has 0 aliphatic rings. The Bertz CT molecular complexity index is 504.